The average molecular weight is 508 g/mol. The second-order valence-electron chi connectivity index (χ2n) is 9.09. The van der Waals surface area contributed by atoms with E-state index in [4.69, 9.17) is 9.15 Å². The minimum absolute atomic E-state index is 0.0269. The third kappa shape index (κ3) is 4.44. The topological polar surface area (TPSA) is 106 Å². The van der Waals surface area contributed by atoms with Gasteiger partial charge in [0.05, 0.1) is 37.3 Å². The van der Waals surface area contributed by atoms with Gasteiger partial charge in [0.15, 0.2) is 0 Å². The van der Waals surface area contributed by atoms with Crippen LogP contribution in [0.1, 0.15) is 18.0 Å². The number of para-hydroxylation sites is 1. The lowest BCUT2D eigenvalue weighted by Gasteiger charge is -2.43. The Morgan fingerprint density at radius 2 is 1.86 bits per heavy atom. The number of carbonyl (C=O) groups excluding carboxylic acids is 2. The molecule has 4 aromatic rings. The van der Waals surface area contributed by atoms with Gasteiger partial charge in [-0.3, -0.25) is 9.59 Å². The molecule has 0 atom stereocenters. The number of amides is 2. The highest BCUT2D eigenvalue weighted by Crippen LogP contribution is 2.28. The molecular weight excluding hydrogens is 486 g/mol. The van der Waals surface area contributed by atoms with Crippen molar-refractivity contribution in [3.63, 3.8) is 0 Å². The Kier molecular flexibility index (Phi) is 5.87. The van der Waals surface area contributed by atoms with Crippen molar-refractivity contribution in [2.45, 2.75) is 13.0 Å². The van der Waals surface area contributed by atoms with E-state index in [0.29, 0.717) is 43.2 Å². The van der Waals surface area contributed by atoms with Crippen molar-refractivity contribution >= 4 is 23.1 Å². The van der Waals surface area contributed by atoms with Gasteiger partial charge in [0.25, 0.3) is 5.89 Å². The summed E-state index contributed by atoms with van der Waals surface area (Å²) in [5.41, 5.74) is 2.35. The lowest BCUT2D eigenvalue weighted by Crippen LogP contribution is -2.59. The van der Waals surface area contributed by atoms with Gasteiger partial charge in [-0.05, 0) is 24.3 Å². The molecule has 37 heavy (non-hydrogen) atoms. The number of likely N-dealkylation sites (tertiary alicyclic amines) is 1. The van der Waals surface area contributed by atoms with Gasteiger partial charge in [0.2, 0.25) is 17.7 Å². The van der Waals surface area contributed by atoms with Crippen LogP contribution >= 0.6 is 0 Å². The van der Waals surface area contributed by atoms with Crippen LogP contribution in [0.25, 0.3) is 17.1 Å². The second kappa shape index (κ2) is 9.36. The van der Waals surface area contributed by atoms with Crippen molar-refractivity contribution in [3.8, 4) is 11.5 Å². The van der Waals surface area contributed by atoms with Crippen LogP contribution < -0.4 is 4.90 Å². The van der Waals surface area contributed by atoms with Gasteiger partial charge in [0.1, 0.15) is 5.65 Å². The van der Waals surface area contributed by atoms with E-state index in [1.54, 1.807) is 38.7 Å². The minimum Gasteiger partial charge on any atom is -0.415 e. The first-order valence-corrected chi connectivity index (χ1v) is 11.8. The molecule has 0 spiro atoms. The maximum atomic E-state index is 13.5. The summed E-state index contributed by atoms with van der Waals surface area (Å²) in [6, 6.07) is 12.6. The van der Waals surface area contributed by atoms with Crippen LogP contribution in [0.2, 0.25) is 0 Å². The van der Waals surface area contributed by atoms with E-state index in [2.05, 4.69) is 15.2 Å². The van der Waals surface area contributed by atoms with E-state index in [0.717, 1.165) is 5.69 Å². The smallest absolute Gasteiger partial charge is 0.314 e. The number of rotatable bonds is 7. The van der Waals surface area contributed by atoms with Crippen LogP contribution in [0.5, 0.6) is 0 Å². The number of pyridine rings is 1. The lowest BCUT2D eigenvalue weighted by molar-refractivity contribution is -0.157. The number of hydrogen-bond acceptors (Lipinski definition) is 7. The Morgan fingerprint density at radius 3 is 2.54 bits per heavy atom. The van der Waals surface area contributed by atoms with E-state index >= 15 is 0 Å². The molecule has 190 valence electrons. The summed E-state index contributed by atoms with van der Waals surface area (Å²) in [7, 11) is 0. The van der Waals surface area contributed by atoms with Gasteiger partial charge >= 0.3 is 6.43 Å². The fraction of sp³-hybridized carbons (Fsp3) is 0.320. The number of imidazole rings is 1. The average Bonchev–Trinajstić information content (AvgIpc) is 3.47. The van der Waals surface area contributed by atoms with E-state index < -0.39 is 12.3 Å². The third-order valence-corrected chi connectivity index (χ3v) is 6.57. The number of anilines is 1. The van der Waals surface area contributed by atoms with Gasteiger partial charge < -0.3 is 23.4 Å². The molecule has 2 aliphatic heterocycles. The van der Waals surface area contributed by atoms with Crippen molar-refractivity contribution in [3.05, 3.63) is 66.4 Å². The van der Waals surface area contributed by atoms with Gasteiger partial charge in [-0.15, -0.1) is 10.2 Å². The largest absolute Gasteiger partial charge is 0.415 e. The Bertz CT molecular complexity index is 1450. The number of hydrogen-bond donors (Lipinski definition) is 0. The molecule has 2 saturated heterocycles. The number of halogens is 2. The number of carbonyl (C=O) groups is 2. The molecule has 3 aromatic heterocycles. The summed E-state index contributed by atoms with van der Waals surface area (Å²) in [5, 5.41) is 7.05. The summed E-state index contributed by atoms with van der Waals surface area (Å²) < 4.78 is 37.5. The van der Waals surface area contributed by atoms with Crippen LogP contribution in [0, 0.1) is 11.8 Å². The van der Waals surface area contributed by atoms with Crippen molar-refractivity contribution in [2.24, 2.45) is 11.8 Å². The predicted molar refractivity (Wildman–Crippen MR) is 125 cm³/mol. The molecule has 2 amide bonds. The maximum Gasteiger partial charge on any atom is 0.314 e. The van der Waals surface area contributed by atoms with Gasteiger partial charge in [0, 0.05) is 36.7 Å². The normalized spacial score (nSPS) is 16.1. The Hall–Kier alpha value is -4.19. The predicted octanol–water partition coefficient (Wildman–Crippen LogP) is 2.96. The summed E-state index contributed by atoms with van der Waals surface area (Å²) in [5.74, 6) is -1.20. The summed E-state index contributed by atoms with van der Waals surface area (Å²) in [6.07, 6.45) is 0.660. The van der Waals surface area contributed by atoms with E-state index in [-0.39, 0.29) is 36.1 Å². The first kappa shape index (κ1) is 23.2. The lowest BCUT2D eigenvalue weighted by atomic mass is 9.94. The number of aromatic nitrogens is 4. The number of nitrogens with zero attached hydrogens (tertiary/aromatic N) is 6. The summed E-state index contributed by atoms with van der Waals surface area (Å²) in [6.45, 7) is 1.88. The molecule has 2 fully saturated rings. The van der Waals surface area contributed by atoms with Gasteiger partial charge in [-0.1, -0.05) is 18.2 Å². The molecule has 2 aliphatic rings. The van der Waals surface area contributed by atoms with Gasteiger partial charge in [-0.25, -0.2) is 4.98 Å². The maximum absolute atomic E-state index is 13.5. The first-order valence-electron chi connectivity index (χ1n) is 11.8. The molecule has 0 bridgehead atoms. The molecule has 6 rings (SSSR count). The van der Waals surface area contributed by atoms with Crippen molar-refractivity contribution in [1.29, 1.82) is 0 Å². The number of ether oxygens (including phenoxy) is 1. The Labute approximate surface area is 209 Å². The zero-order chi connectivity index (χ0) is 25.5. The number of fused-ring (bicyclic) bond motifs is 1. The number of benzene rings is 1. The molecule has 0 radical (unpaired) electrons. The van der Waals surface area contributed by atoms with Crippen molar-refractivity contribution in [2.75, 3.05) is 31.2 Å². The fourth-order valence-corrected chi connectivity index (χ4v) is 4.42. The highest BCUT2D eigenvalue weighted by molar-refractivity contribution is 5.97. The second-order valence-corrected chi connectivity index (χ2v) is 9.09. The molecule has 0 saturated carbocycles. The fourth-order valence-electron chi connectivity index (χ4n) is 4.42. The first-order chi connectivity index (χ1) is 18.0. The molecule has 0 N–H and O–H groups in total. The van der Waals surface area contributed by atoms with Crippen LogP contribution in [-0.2, 0) is 20.9 Å². The third-order valence-electron chi connectivity index (χ3n) is 6.57. The molecule has 12 heteroatoms. The van der Waals surface area contributed by atoms with E-state index in [1.807, 2.05) is 30.3 Å². The minimum atomic E-state index is -2.85. The quantitative estimate of drug-likeness (QED) is 0.378. The monoisotopic (exact) mass is 508 g/mol. The SMILES string of the molecule is O=C(C1COC1)N1CC(C(=O)N(Cc2cn3ccc(-c4nnc(C(F)F)o4)cc3n2)c2ccccc2)C1. The summed E-state index contributed by atoms with van der Waals surface area (Å²) in [4.78, 5) is 33.9. The molecule has 5 heterocycles. The van der Waals surface area contributed by atoms with E-state index in [1.165, 1.54) is 0 Å². The van der Waals surface area contributed by atoms with Gasteiger partial charge in [-0.2, -0.15) is 8.78 Å². The Morgan fingerprint density at radius 1 is 1.08 bits per heavy atom. The standard InChI is InChI=1S/C25H22F2N6O4/c26-21(27)23-30-29-22(37-23)15-6-7-31-11-18(28-20(31)8-15)12-33(19-4-2-1-3-5-19)25(35)16-9-32(10-16)24(34)17-13-36-14-17/h1-8,11,16-17,21H,9-10,12-14H2. The van der Waals surface area contributed by atoms with Crippen LogP contribution in [0.4, 0.5) is 14.5 Å². The molecular formula is C25H22F2N6O4. The van der Waals surface area contributed by atoms with Crippen molar-refractivity contribution in [1.82, 2.24) is 24.5 Å². The highest BCUT2D eigenvalue weighted by Gasteiger charge is 2.42. The van der Waals surface area contributed by atoms with E-state index in [9.17, 15) is 18.4 Å². The molecule has 10 nitrogen and oxygen atoms in total. The molecule has 1 aromatic carbocycles. The zero-order valence-corrected chi connectivity index (χ0v) is 19.5. The molecule has 0 aliphatic carbocycles. The highest BCUT2D eigenvalue weighted by atomic mass is 19.3. The van der Waals surface area contributed by atoms with Crippen LogP contribution in [0.3, 0.4) is 0 Å². The van der Waals surface area contributed by atoms with Crippen LogP contribution in [-0.4, -0.2) is 62.6 Å². The van der Waals surface area contributed by atoms with Crippen molar-refractivity contribution < 1.29 is 27.5 Å². The Balaban J connectivity index is 1.21. The van der Waals surface area contributed by atoms with Crippen LogP contribution in [0.15, 0.2) is 59.3 Å². The number of alkyl halides is 2. The zero-order valence-electron chi connectivity index (χ0n) is 19.5. The summed E-state index contributed by atoms with van der Waals surface area (Å²) >= 11 is 0. The molecule has 0 unspecified atom stereocenters.